The molecule has 2 aromatic rings. The van der Waals surface area contributed by atoms with Crippen LogP contribution in [-0.4, -0.2) is 53.8 Å². The lowest BCUT2D eigenvalue weighted by molar-refractivity contribution is -0.129. The lowest BCUT2D eigenvalue weighted by Gasteiger charge is -2.40. The third kappa shape index (κ3) is 4.99. The molecule has 2 amide bonds. The van der Waals surface area contributed by atoms with Crippen molar-refractivity contribution in [3.8, 4) is 0 Å². The van der Waals surface area contributed by atoms with E-state index >= 15 is 0 Å². The molecule has 1 N–H and O–H groups in total. The normalized spacial score (nSPS) is 18.5. The van der Waals surface area contributed by atoms with E-state index in [9.17, 15) is 18.4 Å². The molecule has 7 heteroatoms. The number of carbonyl (C=O) groups is 2. The largest absolute Gasteiger partial charge is 0.351 e. The topological polar surface area (TPSA) is 52.7 Å². The molecule has 32 heavy (non-hydrogen) atoms. The minimum Gasteiger partial charge on any atom is -0.351 e. The highest BCUT2D eigenvalue weighted by Gasteiger charge is 2.37. The van der Waals surface area contributed by atoms with Crippen LogP contribution in [0.3, 0.4) is 0 Å². The lowest BCUT2D eigenvalue weighted by atomic mass is 9.94. The van der Waals surface area contributed by atoms with Crippen LogP contribution in [0.25, 0.3) is 0 Å². The highest BCUT2D eigenvalue weighted by molar-refractivity contribution is 5.94. The van der Waals surface area contributed by atoms with E-state index in [1.54, 1.807) is 35.2 Å². The zero-order valence-electron chi connectivity index (χ0n) is 18.1. The summed E-state index contributed by atoms with van der Waals surface area (Å²) in [5.74, 6) is -0.996. The van der Waals surface area contributed by atoms with Crippen molar-refractivity contribution < 1.29 is 18.4 Å². The molecule has 0 spiro atoms. The van der Waals surface area contributed by atoms with E-state index in [0.29, 0.717) is 31.7 Å². The summed E-state index contributed by atoms with van der Waals surface area (Å²) in [5, 5.41) is 2.93. The van der Waals surface area contributed by atoms with Crippen LogP contribution in [-0.2, 0) is 11.3 Å². The van der Waals surface area contributed by atoms with E-state index in [1.807, 2.05) is 0 Å². The monoisotopic (exact) mass is 441 g/mol. The molecule has 1 saturated heterocycles. The van der Waals surface area contributed by atoms with Gasteiger partial charge in [0.15, 0.2) is 0 Å². The third-order valence-corrected chi connectivity index (χ3v) is 6.63. The van der Waals surface area contributed by atoms with Gasteiger partial charge in [0.2, 0.25) is 5.91 Å². The molecule has 4 rings (SSSR count). The van der Waals surface area contributed by atoms with Gasteiger partial charge in [-0.2, -0.15) is 0 Å². The molecule has 0 radical (unpaired) electrons. The van der Waals surface area contributed by atoms with Crippen molar-refractivity contribution in [2.75, 3.05) is 26.2 Å². The van der Waals surface area contributed by atoms with Gasteiger partial charge in [0, 0.05) is 38.3 Å². The van der Waals surface area contributed by atoms with Crippen LogP contribution in [0.15, 0.2) is 48.5 Å². The molecular weight excluding hydrogens is 412 g/mol. The number of halogens is 2. The number of hydrogen-bond acceptors (Lipinski definition) is 3. The van der Waals surface area contributed by atoms with Crippen molar-refractivity contribution in [2.45, 2.75) is 38.3 Å². The minimum absolute atomic E-state index is 0.0796. The molecule has 1 saturated carbocycles. The highest BCUT2D eigenvalue weighted by Crippen LogP contribution is 2.31. The van der Waals surface area contributed by atoms with Crippen LogP contribution in [0.1, 0.15) is 41.6 Å². The van der Waals surface area contributed by atoms with Gasteiger partial charge in [-0.05, 0) is 37.0 Å². The molecule has 2 fully saturated rings. The van der Waals surface area contributed by atoms with Gasteiger partial charge in [-0.25, -0.2) is 8.78 Å². The van der Waals surface area contributed by atoms with Crippen LogP contribution < -0.4 is 5.32 Å². The van der Waals surface area contributed by atoms with E-state index in [4.69, 9.17) is 0 Å². The molecule has 2 aromatic carbocycles. The maximum Gasteiger partial charge on any atom is 0.256 e. The van der Waals surface area contributed by atoms with Crippen LogP contribution in [0.2, 0.25) is 0 Å². The molecule has 1 heterocycles. The van der Waals surface area contributed by atoms with Crippen molar-refractivity contribution in [2.24, 2.45) is 5.92 Å². The van der Waals surface area contributed by atoms with Crippen LogP contribution >= 0.6 is 0 Å². The first-order valence-electron chi connectivity index (χ1n) is 11.3. The van der Waals surface area contributed by atoms with Crippen molar-refractivity contribution in [1.29, 1.82) is 0 Å². The first-order valence-corrected chi connectivity index (χ1v) is 11.3. The summed E-state index contributed by atoms with van der Waals surface area (Å²) in [7, 11) is 0. The summed E-state index contributed by atoms with van der Waals surface area (Å²) < 4.78 is 28.0. The SMILES string of the molecule is O=C(NCc1ccccc1F)[C@@H](C1CCCC1)N1CCN(C(=O)c2ccccc2F)CC1. The Balaban J connectivity index is 1.40. The number of amides is 2. The van der Waals surface area contributed by atoms with E-state index in [0.717, 1.165) is 25.7 Å². The molecule has 5 nitrogen and oxygen atoms in total. The first-order chi connectivity index (χ1) is 15.5. The Bertz CT molecular complexity index is 954. The minimum atomic E-state index is -0.517. The Morgan fingerprint density at radius 1 is 0.906 bits per heavy atom. The number of rotatable bonds is 6. The number of nitrogens with one attached hydrogen (secondary N) is 1. The lowest BCUT2D eigenvalue weighted by Crippen LogP contribution is -2.58. The van der Waals surface area contributed by atoms with Crippen LogP contribution in [0.5, 0.6) is 0 Å². The standard InChI is InChI=1S/C25H29F2N3O2/c26-21-11-5-3-9-19(21)17-28-24(31)23(18-7-1-2-8-18)29-13-15-30(16-14-29)25(32)20-10-4-6-12-22(20)27/h3-6,9-12,18,23H,1-2,7-8,13-17H2,(H,28,31)/t23-/m1/s1. The molecule has 1 aliphatic heterocycles. The van der Waals surface area contributed by atoms with Gasteiger partial charge in [-0.15, -0.1) is 0 Å². The molecule has 1 aliphatic carbocycles. The van der Waals surface area contributed by atoms with Gasteiger partial charge in [-0.3, -0.25) is 14.5 Å². The van der Waals surface area contributed by atoms with Crippen molar-refractivity contribution in [1.82, 2.24) is 15.1 Å². The predicted octanol–water partition coefficient (Wildman–Crippen LogP) is 3.60. The number of hydrogen-bond donors (Lipinski definition) is 1. The third-order valence-electron chi connectivity index (χ3n) is 6.63. The van der Waals surface area contributed by atoms with E-state index < -0.39 is 5.82 Å². The van der Waals surface area contributed by atoms with E-state index in [2.05, 4.69) is 10.2 Å². The second-order valence-corrected chi connectivity index (χ2v) is 8.61. The summed E-state index contributed by atoms with van der Waals surface area (Å²) in [5.41, 5.74) is 0.544. The van der Waals surface area contributed by atoms with Gasteiger partial charge in [0.1, 0.15) is 11.6 Å². The number of benzene rings is 2. The summed E-state index contributed by atoms with van der Waals surface area (Å²) in [6.07, 6.45) is 4.19. The van der Waals surface area contributed by atoms with Crippen molar-refractivity contribution >= 4 is 11.8 Å². The second kappa shape index (κ2) is 10.2. The molecular formula is C25H29F2N3O2. The number of piperazine rings is 1. The van der Waals surface area contributed by atoms with Gasteiger partial charge in [0.25, 0.3) is 5.91 Å². The van der Waals surface area contributed by atoms with Crippen molar-refractivity contribution in [3.05, 3.63) is 71.3 Å². The maximum absolute atomic E-state index is 14.0. The maximum atomic E-state index is 14.0. The summed E-state index contributed by atoms with van der Waals surface area (Å²) in [6, 6.07) is 12.2. The Labute approximate surface area is 187 Å². The van der Waals surface area contributed by atoms with Gasteiger partial charge in [0.05, 0.1) is 11.6 Å². The zero-order valence-corrected chi connectivity index (χ0v) is 18.1. The van der Waals surface area contributed by atoms with Gasteiger partial charge in [-0.1, -0.05) is 43.2 Å². The summed E-state index contributed by atoms with van der Waals surface area (Å²) in [6.45, 7) is 2.14. The zero-order chi connectivity index (χ0) is 22.5. The predicted molar refractivity (Wildman–Crippen MR) is 118 cm³/mol. The average molecular weight is 442 g/mol. The van der Waals surface area contributed by atoms with Gasteiger partial charge < -0.3 is 10.2 Å². The number of carbonyl (C=O) groups excluding carboxylic acids is 2. The summed E-state index contributed by atoms with van der Waals surface area (Å²) in [4.78, 5) is 29.7. The number of nitrogens with zero attached hydrogens (tertiary/aromatic N) is 2. The van der Waals surface area contributed by atoms with E-state index in [-0.39, 0.29) is 41.7 Å². The molecule has 0 unspecified atom stereocenters. The van der Waals surface area contributed by atoms with Crippen LogP contribution in [0.4, 0.5) is 8.78 Å². The van der Waals surface area contributed by atoms with E-state index in [1.165, 1.54) is 18.2 Å². The average Bonchev–Trinajstić information content (AvgIpc) is 3.33. The fraction of sp³-hybridized carbons (Fsp3) is 0.440. The smallest absolute Gasteiger partial charge is 0.256 e. The highest BCUT2D eigenvalue weighted by atomic mass is 19.1. The molecule has 0 aromatic heterocycles. The molecule has 0 bridgehead atoms. The Kier molecular flexibility index (Phi) is 7.15. The fourth-order valence-electron chi connectivity index (χ4n) is 4.89. The van der Waals surface area contributed by atoms with Crippen molar-refractivity contribution in [3.63, 3.8) is 0 Å². The van der Waals surface area contributed by atoms with Gasteiger partial charge >= 0.3 is 0 Å². The molecule has 170 valence electrons. The molecule has 1 atom stereocenters. The Morgan fingerprint density at radius 2 is 1.53 bits per heavy atom. The van der Waals surface area contributed by atoms with Crippen LogP contribution in [0, 0.1) is 17.6 Å². The quantitative estimate of drug-likeness (QED) is 0.745. The Hall–Kier alpha value is -2.80. The first kappa shape index (κ1) is 22.4. The second-order valence-electron chi connectivity index (χ2n) is 8.61. The fourth-order valence-corrected chi connectivity index (χ4v) is 4.89. The summed E-state index contributed by atoms with van der Waals surface area (Å²) >= 11 is 0. The molecule has 2 aliphatic rings. The Morgan fingerprint density at radius 3 is 2.19 bits per heavy atom.